The minimum atomic E-state index is -3.65. The summed E-state index contributed by atoms with van der Waals surface area (Å²) in [7, 11) is -3.65. The van der Waals surface area contributed by atoms with Crippen LogP contribution in [-0.2, 0) is 21.4 Å². The second-order valence-electron chi connectivity index (χ2n) is 6.99. The van der Waals surface area contributed by atoms with Crippen LogP contribution in [0.3, 0.4) is 0 Å². The van der Waals surface area contributed by atoms with E-state index in [1.54, 1.807) is 36.8 Å². The van der Waals surface area contributed by atoms with Gasteiger partial charge in [0.1, 0.15) is 12.3 Å². The van der Waals surface area contributed by atoms with Crippen molar-refractivity contribution in [2.45, 2.75) is 19.9 Å². The Morgan fingerprint density at radius 2 is 1.90 bits per heavy atom. The van der Waals surface area contributed by atoms with Crippen molar-refractivity contribution in [1.82, 2.24) is 14.9 Å². The third kappa shape index (κ3) is 6.08. The lowest BCUT2D eigenvalue weighted by Gasteiger charge is -2.22. The Kier molecular flexibility index (Phi) is 7.30. The number of nitrogens with zero attached hydrogens (tertiary/aromatic N) is 3. The Hall–Kier alpha value is -3.33. The molecule has 8 nitrogen and oxygen atoms in total. The number of rotatable bonds is 10. The first-order valence-electron chi connectivity index (χ1n) is 9.92. The van der Waals surface area contributed by atoms with Crippen LogP contribution < -0.4 is 14.4 Å². The number of nitrogens with one attached hydrogen (secondary N) is 1. The molecule has 1 aromatic heterocycles. The van der Waals surface area contributed by atoms with E-state index in [4.69, 9.17) is 4.74 Å². The third-order valence-electron chi connectivity index (χ3n) is 4.54. The van der Waals surface area contributed by atoms with Gasteiger partial charge in [0.25, 0.3) is 0 Å². The lowest BCUT2D eigenvalue weighted by atomic mass is 10.1. The van der Waals surface area contributed by atoms with Crippen LogP contribution in [0.25, 0.3) is 5.69 Å². The number of hydrogen-bond donors (Lipinski definition) is 1. The molecule has 0 aliphatic heterocycles. The lowest BCUT2D eigenvalue weighted by molar-refractivity contribution is -0.119. The first-order chi connectivity index (χ1) is 14.9. The van der Waals surface area contributed by atoms with E-state index < -0.39 is 15.9 Å². The van der Waals surface area contributed by atoms with Crippen molar-refractivity contribution in [2.24, 2.45) is 0 Å². The Labute approximate surface area is 182 Å². The highest BCUT2D eigenvalue weighted by Gasteiger charge is 2.21. The van der Waals surface area contributed by atoms with Crippen molar-refractivity contribution < 1.29 is 17.9 Å². The van der Waals surface area contributed by atoms with Gasteiger partial charge in [0.15, 0.2) is 0 Å². The molecule has 0 fully saturated rings. The van der Waals surface area contributed by atoms with Crippen molar-refractivity contribution in [1.29, 1.82) is 0 Å². The van der Waals surface area contributed by atoms with Gasteiger partial charge >= 0.3 is 0 Å². The van der Waals surface area contributed by atoms with E-state index in [0.29, 0.717) is 18.0 Å². The first-order valence-corrected chi connectivity index (χ1v) is 11.8. The van der Waals surface area contributed by atoms with Crippen molar-refractivity contribution in [3.8, 4) is 11.4 Å². The molecule has 164 valence electrons. The number of imidazole rings is 1. The third-order valence-corrected chi connectivity index (χ3v) is 5.68. The van der Waals surface area contributed by atoms with Crippen LogP contribution in [0.15, 0.2) is 67.3 Å². The monoisotopic (exact) mass is 442 g/mol. The second kappa shape index (κ2) is 10.1. The van der Waals surface area contributed by atoms with E-state index in [0.717, 1.165) is 28.2 Å². The van der Waals surface area contributed by atoms with E-state index in [1.807, 2.05) is 42.0 Å². The summed E-state index contributed by atoms with van der Waals surface area (Å²) in [6.07, 6.45) is 7.13. The molecular formula is C22H26N4O4S. The first kappa shape index (κ1) is 22.4. The molecule has 0 unspecified atom stereocenters. The predicted octanol–water partition coefficient (Wildman–Crippen LogP) is 2.74. The molecule has 1 heterocycles. The number of hydrogen-bond acceptors (Lipinski definition) is 5. The van der Waals surface area contributed by atoms with Gasteiger partial charge < -0.3 is 14.6 Å². The fourth-order valence-corrected chi connectivity index (χ4v) is 3.88. The molecule has 1 amide bonds. The number of carbonyl (C=O) groups excluding carboxylic acids is 1. The number of aromatic nitrogens is 2. The largest absolute Gasteiger partial charge is 0.494 e. The maximum Gasteiger partial charge on any atom is 0.241 e. The second-order valence-corrected chi connectivity index (χ2v) is 8.89. The fraction of sp³-hybridized carbons (Fsp3) is 0.273. The van der Waals surface area contributed by atoms with E-state index >= 15 is 0 Å². The van der Waals surface area contributed by atoms with E-state index in [9.17, 15) is 13.2 Å². The summed E-state index contributed by atoms with van der Waals surface area (Å²) in [5.74, 6) is 0.247. The van der Waals surface area contributed by atoms with Gasteiger partial charge in [-0.1, -0.05) is 25.1 Å². The van der Waals surface area contributed by atoms with Crippen LogP contribution >= 0.6 is 0 Å². The smallest absolute Gasteiger partial charge is 0.241 e. The average Bonchev–Trinajstić information content (AvgIpc) is 3.29. The summed E-state index contributed by atoms with van der Waals surface area (Å²) in [4.78, 5) is 16.6. The molecule has 3 aromatic rings. The molecular weight excluding hydrogens is 416 g/mol. The topological polar surface area (TPSA) is 93.5 Å². The van der Waals surface area contributed by atoms with Crippen LogP contribution in [0.4, 0.5) is 5.69 Å². The number of carbonyl (C=O) groups is 1. The SMILES string of the molecule is CCCOc1ccc(N(CC(=O)NCc2ccccc2-n2ccnc2)S(C)(=O)=O)cc1. The molecule has 31 heavy (non-hydrogen) atoms. The van der Waals surface area contributed by atoms with Gasteiger partial charge in [-0.25, -0.2) is 13.4 Å². The molecule has 0 aliphatic carbocycles. The van der Waals surface area contributed by atoms with Crippen LogP contribution in [-0.4, -0.2) is 43.3 Å². The number of sulfonamides is 1. The summed E-state index contributed by atoms with van der Waals surface area (Å²) in [5, 5.41) is 2.81. The highest BCUT2D eigenvalue weighted by Crippen LogP contribution is 2.22. The fourth-order valence-electron chi connectivity index (χ4n) is 3.02. The van der Waals surface area contributed by atoms with Crippen molar-refractivity contribution >= 4 is 21.6 Å². The Morgan fingerprint density at radius 1 is 1.16 bits per heavy atom. The summed E-state index contributed by atoms with van der Waals surface area (Å²) in [5.41, 5.74) is 2.18. The number of benzene rings is 2. The zero-order valence-corrected chi connectivity index (χ0v) is 18.4. The Morgan fingerprint density at radius 3 is 2.55 bits per heavy atom. The molecule has 1 N–H and O–H groups in total. The summed E-state index contributed by atoms with van der Waals surface area (Å²) in [6, 6.07) is 14.3. The van der Waals surface area contributed by atoms with Gasteiger partial charge in [0.2, 0.25) is 15.9 Å². The van der Waals surface area contributed by atoms with Gasteiger partial charge in [0, 0.05) is 18.9 Å². The van der Waals surface area contributed by atoms with Crippen LogP contribution in [0.1, 0.15) is 18.9 Å². The molecule has 0 saturated carbocycles. The minimum absolute atomic E-state index is 0.259. The maximum absolute atomic E-state index is 12.6. The Balaban J connectivity index is 1.69. The number of anilines is 1. The summed E-state index contributed by atoms with van der Waals surface area (Å²) < 4.78 is 33.1. The van der Waals surface area contributed by atoms with Gasteiger partial charge in [-0.05, 0) is 42.3 Å². The van der Waals surface area contributed by atoms with E-state index in [2.05, 4.69) is 10.3 Å². The minimum Gasteiger partial charge on any atom is -0.494 e. The molecule has 0 bridgehead atoms. The average molecular weight is 443 g/mol. The van der Waals surface area contributed by atoms with Gasteiger partial charge in [-0.3, -0.25) is 9.10 Å². The van der Waals surface area contributed by atoms with Gasteiger partial charge in [-0.2, -0.15) is 0 Å². The van der Waals surface area contributed by atoms with Crippen molar-refractivity contribution in [3.05, 3.63) is 72.8 Å². The standard InChI is InChI=1S/C22H26N4O4S/c1-3-14-30-20-10-8-19(9-11-20)26(31(2,28)29)16-22(27)24-15-18-6-4-5-7-21(18)25-13-12-23-17-25/h4-13,17H,3,14-16H2,1-2H3,(H,24,27). The zero-order valence-electron chi connectivity index (χ0n) is 17.6. The molecule has 0 saturated heterocycles. The van der Waals surface area contributed by atoms with Crippen LogP contribution in [0.2, 0.25) is 0 Å². The molecule has 0 aliphatic rings. The highest BCUT2D eigenvalue weighted by atomic mass is 32.2. The van der Waals surface area contributed by atoms with E-state index in [-0.39, 0.29) is 13.1 Å². The van der Waals surface area contributed by atoms with E-state index in [1.165, 1.54) is 0 Å². The predicted molar refractivity (Wildman–Crippen MR) is 120 cm³/mol. The van der Waals surface area contributed by atoms with Crippen LogP contribution in [0.5, 0.6) is 5.75 Å². The normalized spacial score (nSPS) is 11.2. The number of ether oxygens (including phenoxy) is 1. The maximum atomic E-state index is 12.6. The number of para-hydroxylation sites is 1. The quantitative estimate of drug-likeness (QED) is 0.521. The molecule has 2 aromatic carbocycles. The zero-order chi connectivity index (χ0) is 22.3. The molecule has 0 spiro atoms. The van der Waals surface area contributed by atoms with Gasteiger partial charge in [0.05, 0.1) is 30.6 Å². The van der Waals surface area contributed by atoms with Crippen LogP contribution in [0, 0.1) is 0 Å². The number of amides is 1. The molecule has 3 rings (SSSR count). The van der Waals surface area contributed by atoms with Gasteiger partial charge in [-0.15, -0.1) is 0 Å². The molecule has 9 heteroatoms. The molecule has 0 radical (unpaired) electrons. The van der Waals surface area contributed by atoms with Crippen molar-refractivity contribution in [2.75, 3.05) is 23.7 Å². The van der Waals surface area contributed by atoms with Crippen molar-refractivity contribution in [3.63, 3.8) is 0 Å². The molecule has 0 atom stereocenters. The lowest BCUT2D eigenvalue weighted by Crippen LogP contribution is -2.40. The summed E-state index contributed by atoms with van der Waals surface area (Å²) >= 11 is 0. The summed E-state index contributed by atoms with van der Waals surface area (Å²) in [6.45, 7) is 2.53. The Bertz CT molecular complexity index is 1100. The highest BCUT2D eigenvalue weighted by molar-refractivity contribution is 7.92.